The molecule has 0 saturated carbocycles. The standard InChI is InChI=1S/C18H17N2/c1-3-19-18-16(12-14-7-5-4-6-8-14)15-11-13(2)9-10-17(15)20-18/h4-11H,3H2,1-2H3,(H,19,20)/q+1. The molecule has 0 aliphatic carbocycles. The third-order valence-corrected chi connectivity index (χ3v) is 3.29. The van der Waals surface area contributed by atoms with Crippen molar-refractivity contribution in [2.24, 2.45) is 4.99 Å². The maximum Gasteiger partial charge on any atom is 0.207 e. The number of rotatable bonds is 2. The molecule has 1 N–H and O–H groups in total. The van der Waals surface area contributed by atoms with Gasteiger partial charge in [0.1, 0.15) is 5.56 Å². The van der Waals surface area contributed by atoms with Crippen LogP contribution < -0.4 is 5.32 Å². The predicted octanol–water partition coefficient (Wildman–Crippen LogP) is 4.07. The van der Waals surface area contributed by atoms with E-state index in [-0.39, 0.29) is 0 Å². The average molecular weight is 261 g/mol. The molecular formula is C18H17N2+. The Bertz CT molecular complexity index is 682. The van der Waals surface area contributed by atoms with Crippen molar-refractivity contribution in [3.8, 4) is 0 Å². The molecule has 0 amide bonds. The topological polar surface area (TPSA) is 24.4 Å². The fourth-order valence-corrected chi connectivity index (χ4v) is 2.36. The molecule has 0 atom stereocenters. The Morgan fingerprint density at radius 1 is 1.10 bits per heavy atom. The Labute approximate surface area is 119 Å². The molecule has 2 aromatic rings. The average Bonchev–Trinajstić information content (AvgIpc) is 2.78. The lowest BCUT2D eigenvalue weighted by Gasteiger charge is -1.95. The number of anilines is 1. The van der Waals surface area contributed by atoms with Crippen molar-refractivity contribution in [2.75, 3.05) is 11.9 Å². The van der Waals surface area contributed by atoms with Crippen molar-refractivity contribution in [3.05, 3.63) is 71.3 Å². The zero-order valence-electron chi connectivity index (χ0n) is 11.8. The predicted molar refractivity (Wildman–Crippen MR) is 85.0 cm³/mol. The number of amidine groups is 1. The summed E-state index contributed by atoms with van der Waals surface area (Å²) in [6, 6.07) is 16.6. The highest BCUT2D eigenvalue weighted by atomic mass is 15.0. The van der Waals surface area contributed by atoms with E-state index in [0.29, 0.717) is 0 Å². The Kier molecular flexibility index (Phi) is 3.32. The van der Waals surface area contributed by atoms with Gasteiger partial charge in [-0.25, -0.2) is 4.99 Å². The smallest absolute Gasteiger partial charge is 0.207 e. The van der Waals surface area contributed by atoms with E-state index in [9.17, 15) is 0 Å². The first-order valence-corrected chi connectivity index (χ1v) is 6.90. The highest BCUT2D eigenvalue weighted by Gasteiger charge is 2.29. The van der Waals surface area contributed by atoms with E-state index in [2.05, 4.69) is 53.6 Å². The van der Waals surface area contributed by atoms with Gasteiger partial charge in [-0.1, -0.05) is 6.07 Å². The minimum Gasteiger partial charge on any atom is -0.300 e. The van der Waals surface area contributed by atoms with Crippen LogP contribution in [0.4, 0.5) is 5.69 Å². The largest absolute Gasteiger partial charge is 0.300 e. The molecular weight excluding hydrogens is 244 g/mol. The lowest BCUT2D eigenvalue weighted by Crippen LogP contribution is -2.06. The lowest BCUT2D eigenvalue weighted by molar-refractivity contribution is 1.13. The molecule has 0 fully saturated rings. The molecule has 1 aliphatic rings. The van der Waals surface area contributed by atoms with Gasteiger partial charge in [0.2, 0.25) is 5.84 Å². The molecule has 0 bridgehead atoms. The summed E-state index contributed by atoms with van der Waals surface area (Å²) in [7, 11) is 0. The first-order chi connectivity index (χ1) is 9.78. The van der Waals surface area contributed by atoms with Gasteiger partial charge in [-0.15, -0.1) is 0 Å². The summed E-state index contributed by atoms with van der Waals surface area (Å²) in [6.07, 6.45) is 3.48. The molecule has 98 valence electrons. The summed E-state index contributed by atoms with van der Waals surface area (Å²) in [5, 5.41) is 3.38. The first-order valence-electron chi connectivity index (χ1n) is 6.90. The molecule has 1 aliphatic heterocycles. The van der Waals surface area contributed by atoms with Crippen molar-refractivity contribution in [2.45, 2.75) is 13.8 Å². The van der Waals surface area contributed by atoms with Crippen molar-refractivity contribution >= 4 is 17.1 Å². The van der Waals surface area contributed by atoms with Crippen molar-refractivity contribution < 1.29 is 0 Å². The summed E-state index contributed by atoms with van der Waals surface area (Å²) in [4.78, 5) is 4.55. The Hall–Kier alpha value is -2.44. The SMILES string of the molecule is CCN=C1Nc2ccc(C)cc2C1=[C+]c1ccccc1. The van der Waals surface area contributed by atoms with E-state index in [1.807, 2.05) is 25.1 Å². The second-order valence-corrected chi connectivity index (χ2v) is 4.86. The number of fused-ring (bicyclic) bond motifs is 1. The zero-order valence-corrected chi connectivity index (χ0v) is 11.8. The second-order valence-electron chi connectivity index (χ2n) is 4.86. The molecule has 0 radical (unpaired) electrons. The van der Waals surface area contributed by atoms with Crippen LogP contribution in [0.15, 0.2) is 53.5 Å². The van der Waals surface area contributed by atoms with Gasteiger partial charge in [-0.05, 0) is 49.7 Å². The summed E-state index contributed by atoms with van der Waals surface area (Å²) < 4.78 is 0. The highest BCUT2D eigenvalue weighted by molar-refractivity contribution is 6.34. The number of hydrogen-bond acceptors (Lipinski definition) is 1. The molecule has 2 nitrogen and oxygen atoms in total. The molecule has 20 heavy (non-hydrogen) atoms. The second kappa shape index (κ2) is 5.28. The quantitative estimate of drug-likeness (QED) is 0.809. The molecule has 0 aromatic heterocycles. The number of aliphatic imine (C=N–C) groups is 1. The monoisotopic (exact) mass is 261 g/mol. The highest BCUT2D eigenvalue weighted by Crippen LogP contribution is 2.33. The van der Waals surface area contributed by atoms with Crippen molar-refractivity contribution in [1.29, 1.82) is 0 Å². The van der Waals surface area contributed by atoms with Gasteiger partial charge in [-0.2, -0.15) is 0 Å². The number of nitrogens with zero attached hydrogens (tertiary/aromatic N) is 1. The van der Waals surface area contributed by atoms with E-state index in [1.165, 1.54) is 11.1 Å². The molecule has 1 heterocycles. The van der Waals surface area contributed by atoms with Gasteiger partial charge in [-0.3, -0.25) is 5.32 Å². The Balaban J connectivity index is 2.13. The first kappa shape index (κ1) is 12.6. The number of benzene rings is 2. The van der Waals surface area contributed by atoms with Gasteiger partial charge < -0.3 is 0 Å². The van der Waals surface area contributed by atoms with Crippen LogP contribution in [0.3, 0.4) is 0 Å². The summed E-state index contributed by atoms with van der Waals surface area (Å²) in [5.41, 5.74) is 5.66. The van der Waals surface area contributed by atoms with Gasteiger partial charge >= 0.3 is 0 Å². The lowest BCUT2D eigenvalue weighted by atomic mass is 10.0. The number of hydrogen-bond donors (Lipinski definition) is 1. The fraction of sp³-hybridized carbons (Fsp3) is 0.167. The van der Waals surface area contributed by atoms with E-state index in [1.54, 1.807) is 0 Å². The normalized spacial score (nSPS) is 16.9. The van der Waals surface area contributed by atoms with Crippen LogP contribution in [0.5, 0.6) is 0 Å². The molecule has 3 rings (SSSR count). The van der Waals surface area contributed by atoms with E-state index >= 15 is 0 Å². The minimum atomic E-state index is 0.759. The van der Waals surface area contributed by atoms with E-state index in [4.69, 9.17) is 0 Å². The maximum absolute atomic E-state index is 4.55. The molecule has 2 heteroatoms. The van der Waals surface area contributed by atoms with Crippen LogP contribution >= 0.6 is 0 Å². The molecule has 0 saturated heterocycles. The van der Waals surface area contributed by atoms with Crippen LogP contribution in [-0.4, -0.2) is 12.4 Å². The molecule has 0 unspecified atom stereocenters. The number of nitrogens with one attached hydrogen (secondary N) is 1. The minimum absolute atomic E-state index is 0.759. The van der Waals surface area contributed by atoms with Gasteiger partial charge in [0.15, 0.2) is 5.57 Å². The van der Waals surface area contributed by atoms with E-state index < -0.39 is 0 Å². The zero-order chi connectivity index (χ0) is 13.9. The van der Waals surface area contributed by atoms with Crippen LogP contribution in [0, 0.1) is 13.0 Å². The third kappa shape index (κ3) is 2.34. The maximum atomic E-state index is 4.55. The fourth-order valence-electron chi connectivity index (χ4n) is 2.36. The van der Waals surface area contributed by atoms with Gasteiger partial charge in [0.05, 0.1) is 11.3 Å². The summed E-state index contributed by atoms with van der Waals surface area (Å²) in [5.74, 6) is 0.914. The summed E-state index contributed by atoms with van der Waals surface area (Å²) >= 11 is 0. The summed E-state index contributed by atoms with van der Waals surface area (Å²) in [6.45, 7) is 4.91. The van der Waals surface area contributed by atoms with Crippen LogP contribution in [0.1, 0.15) is 23.6 Å². The van der Waals surface area contributed by atoms with Gasteiger partial charge in [0, 0.05) is 24.8 Å². The van der Waals surface area contributed by atoms with Crippen LogP contribution in [0.2, 0.25) is 0 Å². The Morgan fingerprint density at radius 3 is 2.65 bits per heavy atom. The molecule has 2 aromatic carbocycles. The van der Waals surface area contributed by atoms with Crippen molar-refractivity contribution in [1.82, 2.24) is 0 Å². The van der Waals surface area contributed by atoms with Crippen molar-refractivity contribution in [3.63, 3.8) is 0 Å². The third-order valence-electron chi connectivity index (χ3n) is 3.29. The van der Waals surface area contributed by atoms with Crippen LogP contribution in [-0.2, 0) is 0 Å². The van der Waals surface area contributed by atoms with E-state index in [0.717, 1.165) is 29.2 Å². The Morgan fingerprint density at radius 2 is 1.90 bits per heavy atom. The molecule has 0 spiro atoms. The van der Waals surface area contributed by atoms with Crippen LogP contribution in [0.25, 0.3) is 5.57 Å². The number of aryl methyl sites for hydroxylation is 1. The van der Waals surface area contributed by atoms with Gasteiger partial charge in [0.25, 0.3) is 0 Å².